The molecule has 0 amide bonds. The Morgan fingerprint density at radius 1 is 1.32 bits per heavy atom. The number of aromatic nitrogens is 3. The van der Waals surface area contributed by atoms with Crippen molar-refractivity contribution in [3.63, 3.8) is 0 Å². The molecule has 0 atom stereocenters. The SMILES string of the molecule is CCc1nc2ncc(C(F)(F)F)cn2c1C(=O)c1ccc(O)c(C)c1. The number of aryl methyl sites for hydroxylation is 2. The fraction of sp³-hybridized carbons (Fsp3) is 0.235. The van der Waals surface area contributed by atoms with Crippen LogP contribution in [0.15, 0.2) is 30.6 Å². The fourth-order valence-corrected chi connectivity index (χ4v) is 2.55. The van der Waals surface area contributed by atoms with E-state index < -0.39 is 17.5 Å². The van der Waals surface area contributed by atoms with Gasteiger partial charge in [-0.25, -0.2) is 9.97 Å². The van der Waals surface area contributed by atoms with Crippen LogP contribution in [0, 0.1) is 6.92 Å². The molecule has 0 saturated heterocycles. The lowest BCUT2D eigenvalue weighted by Gasteiger charge is -2.08. The predicted molar refractivity (Wildman–Crippen MR) is 83.6 cm³/mol. The van der Waals surface area contributed by atoms with Gasteiger partial charge in [0.1, 0.15) is 11.4 Å². The molecule has 0 saturated carbocycles. The smallest absolute Gasteiger partial charge is 0.419 e. The number of phenolic OH excluding ortho intramolecular Hbond substituents is 1. The lowest BCUT2D eigenvalue weighted by Crippen LogP contribution is -2.12. The Hall–Kier alpha value is -2.90. The highest BCUT2D eigenvalue weighted by Crippen LogP contribution is 2.29. The summed E-state index contributed by atoms with van der Waals surface area (Å²) < 4.78 is 40.0. The number of carbonyl (C=O) groups excluding carboxylic acids is 1. The Morgan fingerprint density at radius 2 is 2.04 bits per heavy atom. The number of benzene rings is 1. The van der Waals surface area contributed by atoms with Gasteiger partial charge in [0.25, 0.3) is 0 Å². The summed E-state index contributed by atoms with van der Waals surface area (Å²) in [4.78, 5) is 20.8. The molecular formula is C17H14F3N3O2. The molecule has 2 aromatic heterocycles. The molecule has 1 N–H and O–H groups in total. The van der Waals surface area contributed by atoms with Crippen LogP contribution in [0.2, 0.25) is 0 Å². The van der Waals surface area contributed by atoms with Gasteiger partial charge >= 0.3 is 6.18 Å². The molecule has 0 spiro atoms. The van der Waals surface area contributed by atoms with Crippen LogP contribution in [-0.2, 0) is 12.6 Å². The number of fused-ring (bicyclic) bond motifs is 1. The van der Waals surface area contributed by atoms with E-state index in [4.69, 9.17) is 0 Å². The first-order chi connectivity index (χ1) is 11.7. The Bertz CT molecular complexity index is 977. The average molecular weight is 349 g/mol. The molecule has 0 aliphatic rings. The Kier molecular flexibility index (Phi) is 3.98. The summed E-state index contributed by atoms with van der Waals surface area (Å²) in [6.07, 6.45) is -2.69. The lowest BCUT2D eigenvalue weighted by molar-refractivity contribution is -0.138. The van der Waals surface area contributed by atoms with Crippen LogP contribution in [0.1, 0.15) is 39.8 Å². The minimum absolute atomic E-state index is 0.0312. The molecule has 5 nitrogen and oxygen atoms in total. The van der Waals surface area contributed by atoms with Gasteiger partial charge in [0.2, 0.25) is 11.6 Å². The average Bonchev–Trinajstić information content (AvgIpc) is 2.93. The molecule has 8 heteroatoms. The van der Waals surface area contributed by atoms with Gasteiger partial charge in [-0.1, -0.05) is 6.92 Å². The van der Waals surface area contributed by atoms with Gasteiger partial charge in [0, 0.05) is 18.0 Å². The molecule has 0 aliphatic heterocycles. The van der Waals surface area contributed by atoms with Crippen molar-refractivity contribution in [2.24, 2.45) is 0 Å². The van der Waals surface area contributed by atoms with Crippen LogP contribution < -0.4 is 0 Å². The number of hydrogen-bond donors (Lipinski definition) is 1. The van der Waals surface area contributed by atoms with Gasteiger partial charge in [-0.15, -0.1) is 0 Å². The fourth-order valence-electron chi connectivity index (χ4n) is 2.55. The van der Waals surface area contributed by atoms with Crippen molar-refractivity contribution in [3.05, 3.63) is 58.7 Å². The van der Waals surface area contributed by atoms with Crippen molar-refractivity contribution in [2.45, 2.75) is 26.4 Å². The third kappa shape index (κ3) is 2.95. The second kappa shape index (κ2) is 5.87. The summed E-state index contributed by atoms with van der Waals surface area (Å²) in [5.74, 6) is -0.413. The van der Waals surface area contributed by atoms with Gasteiger partial charge in [-0.2, -0.15) is 13.2 Å². The summed E-state index contributed by atoms with van der Waals surface area (Å²) in [5.41, 5.74) is 0.191. The van der Waals surface area contributed by atoms with E-state index in [1.807, 2.05) is 0 Å². The topological polar surface area (TPSA) is 67.5 Å². The zero-order chi connectivity index (χ0) is 18.4. The van der Waals surface area contributed by atoms with Crippen LogP contribution in [0.5, 0.6) is 5.75 Å². The number of alkyl halides is 3. The summed E-state index contributed by atoms with van der Waals surface area (Å²) >= 11 is 0. The van der Waals surface area contributed by atoms with Crippen molar-refractivity contribution >= 4 is 11.6 Å². The lowest BCUT2D eigenvalue weighted by atomic mass is 10.0. The molecule has 0 bridgehead atoms. The largest absolute Gasteiger partial charge is 0.508 e. The third-order valence-electron chi connectivity index (χ3n) is 3.89. The van der Waals surface area contributed by atoms with Crippen molar-refractivity contribution in [1.29, 1.82) is 0 Å². The van der Waals surface area contributed by atoms with E-state index in [-0.39, 0.29) is 22.8 Å². The number of aromatic hydroxyl groups is 1. The van der Waals surface area contributed by atoms with Crippen LogP contribution >= 0.6 is 0 Å². The van der Waals surface area contributed by atoms with Gasteiger partial charge in [-0.05, 0) is 37.1 Å². The third-order valence-corrected chi connectivity index (χ3v) is 3.89. The highest BCUT2D eigenvalue weighted by atomic mass is 19.4. The number of rotatable bonds is 3. The van der Waals surface area contributed by atoms with E-state index >= 15 is 0 Å². The second-order valence-electron chi connectivity index (χ2n) is 5.60. The molecule has 0 fully saturated rings. The molecule has 130 valence electrons. The van der Waals surface area contributed by atoms with E-state index in [0.29, 0.717) is 23.9 Å². The number of nitrogens with zero attached hydrogens (tertiary/aromatic N) is 3. The maximum absolute atomic E-state index is 13.0. The maximum atomic E-state index is 13.0. The van der Waals surface area contributed by atoms with Crippen LogP contribution in [0.4, 0.5) is 13.2 Å². The van der Waals surface area contributed by atoms with E-state index in [0.717, 1.165) is 10.6 Å². The summed E-state index contributed by atoms with van der Waals surface area (Å²) in [6, 6.07) is 4.28. The van der Waals surface area contributed by atoms with E-state index in [9.17, 15) is 23.1 Å². The molecule has 1 aromatic carbocycles. The zero-order valence-corrected chi connectivity index (χ0v) is 13.4. The summed E-state index contributed by atoms with van der Waals surface area (Å²) in [5, 5.41) is 9.59. The summed E-state index contributed by atoms with van der Waals surface area (Å²) in [7, 11) is 0. The van der Waals surface area contributed by atoms with Crippen molar-refractivity contribution in [1.82, 2.24) is 14.4 Å². The quantitative estimate of drug-likeness (QED) is 0.734. The van der Waals surface area contributed by atoms with Crippen LogP contribution in [0.25, 0.3) is 5.78 Å². The van der Waals surface area contributed by atoms with Crippen molar-refractivity contribution in [2.75, 3.05) is 0 Å². The number of ketones is 1. The van der Waals surface area contributed by atoms with E-state index in [1.54, 1.807) is 13.8 Å². The molecule has 25 heavy (non-hydrogen) atoms. The highest BCUT2D eigenvalue weighted by Gasteiger charge is 2.32. The first-order valence-corrected chi connectivity index (χ1v) is 7.51. The Labute approximate surface area is 140 Å². The van der Waals surface area contributed by atoms with Crippen LogP contribution in [-0.4, -0.2) is 25.3 Å². The number of halogens is 3. The number of phenols is 1. The molecule has 0 unspecified atom stereocenters. The number of hydrogen-bond acceptors (Lipinski definition) is 4. The maximum Gasteiger partial charge on any atom is 0.419 e. The van der Waals surface area contributed by atoms with Gasteiger partial charge < -0.3 is 5.11 Å². The Morgan fingerprint density at radius 3 is 2.64 bits per heavy atom. The monoisotopic (exact) mass is 349 g/mol. The van der Waals surface area contributed by atoms with E-state index in [2.05, 4.69) is 9.97 Å². The second-order valence-corrected chi connectivity index (χ2v) is 5.60. The normalized spacial score (nSPS) is 11.9. The Balaban J connectivity index is 2.22. The molecule has 0 aliphatic carbocycles. The van der Waals surface area contributed by atoms with Crippen molar-refractivity contribution in [3.8, 4) is 5.75 Å². The first-order valence-electron chi connectivity index (χ1n) is 7.51. The van der Waals surface area contributed by atoms with Gasteiger partial charge in [-0.3, -0.25) is 9.20 Å². The molecule has 3 aromatic rings. The standard InChI is InChI=1S/C17H14F3N3O2/c1-3-12-14(15(25)10-4-5-13(24)9(2)6-10)23-8-11(17(18,19)20)7-21-16(23)22-12/h4-8,24H,3H2,1-2H3. The van der Waals surface area contributed by atoms with E-state index in [1.165, 1.54) is 18.2 Å². The minimum atomic E-state index is -4.58. The van der Waals surface area contributed by atoms with Gasteiger partial charge in [0.15, 0.2) is 0 Å². The molecule has 3 rings (SSSR count). The molecule has 2 heterocycles. The molecular weight excluding hydrogens is 335 g/mol. The predicted octanol–water partition coefficient (Wildman–Crippen LogP) is 3.56. The number of carbonyl (C=O) groups is 1. The minimum Gasteiger partial charge on any atom is -0.508 e. The van der Waals surface area contributed by atoms with Crippen molar-refractivity contribution < 1.29 is 23.1 Å². The number of imidazole rings is 1. The molecule has 0 radical (unpaired) electrons. The zero-order valence-electron chi connectivity index (χ0n) is 13.4. The van der Waals surface area contributed by atoms with Crippen LogP contribution in [0.3, 0.4) is 0 Å². The summed E-state index contributed by atoms with van der Waals surface area (Å²) in [6.45, 7) is 3.38. The first kappa shape index (κ1) is 16.9. The highest BCUT2D eigenvalue weighted by molar-refractivity contribution is 6.09. The van der Waals surface area contributed by atoms with Gasteiger partial charge in [0.05, 0.1) is 11.3 Å².